The van der Waals surface area contributed by atoms with E-state index < -0.39 is 10.0 Å². The Morgan fingerprint density at radius 3 is 2.40 bits per heavy atom. The number of nitrogens with zero attached hydrogens (tertiary/aromatic N) is 2. The molecule has 1 heterocycles. The summed E-state index contributed by atoms with van der Waals surface area (Å²) in [6.07, 6.45) is 1.64. The zero-order valence-electron chi connectivity index (χ0n) is 11.4. The molecule has 0 fully saturated rings. The van der Waals surface area contributed by atoms with Crippen molar-refractivity contribution in [1.82, 2.24) is 9.29 Å². The average Bonchev–Trinajstić information content (AvgIpc) is 2.48. The summed E-state index contributed by atoms with van der Waals surface area (Å²) in [5, 5.41) is 0. The Hall–Kier alpha value is -1.92. The molecule has 0 saturated carbocycles. The van der Waals surface area contributed by atoms with Gasteiger partial charge in [-0.25, -0.2) is 8.42 Å². The molecule has 0 spiro atoms. The second-order valence-corrected chi connectivity index (χ2v) is 6.30. The molecule has 0 radical (unpaired) electrons. The number of aromatic nitrogens is 1. The van der Waals surface area contributed by atoms with Crippen molar-refractivity contribution in [2.24, 2.45) is 0 Å². The van der Waals surface area contributed by atoms with Crippen molar-refractivity contribution in [3.63, 3.8) is 0 Å². The maximum atomic E-state index is 12.4. The quantitative estimate of drug-likeness (QED) is 0.844. The average molecular weight is 292 g/mol. The molecule has 0 aliphatic heterocycles. The molecule has 0 unspecified atom stereocenters. The Morgan fingerprint density at radius 1 is 1.15 bits per heavy atom. The summed E-state index contributed by atoms with van der Waals surface area (Å²) in [4.78, 5) is 4.36. The lowest BCUT2D eigenvalue weighted by Gasteiger charge is -2.16. The molecule has 2 rings (SSSR count). The summed E-state index contributed by atoms with van der Waals surface area (Å²) in [7, 11) is -0.450. The van der Waals surface area contributed by atoms with Gasteiger partial charge in [0, 0.05) is 13.2 Å². The summed E-state index contributed by atoms with van der Waals surface area (Å²) in [6.45, 7) is 0.231. The second kappa shape index (κ2) is 6.02. The van der Waals surface area contributed by atoms with Gasteiger partial charge in [-0.05, 0) is 36.4 Å². The van der Waals surface area contributed by atoms with Crippen LogP contribution in [0.4, 0.5) is 0 Å². The first kappa shape index (κ1) is 14.5. The van der Waals surface area contributed by atoms with Gasteiger partial charge >= 0.3 is 0 Å². The Labute approximate surface area is 118 Å². The van der Waals surface area contributed by atoms with Crippen molar-refractivity contribution in [3.05, 3.63) is 54.4 Å². The van der Waals surface area contributed by atoms with Gasteiger partial charge < -0.3 is 4.74 Å². The predicted molar refractivity (Wildman–Crippen MR) is 75.9 cm³/mol. The maximum Gasteiger partial charge on any atom is 0.243 e. The van der Waals surface area contributed by atoms with E-state index in [9.17, 15) is 8.42 Å². The standard InChI is InChI=1S/C14H16N2O3S/c1-16(11-12-5-3-4-10-15-12)20(17,18)14-8-6-13(19-2)7-9-14/h3-10H,11H2,1-2H3. The number of hydrogen-bond acceptors (Lipinski definition) is 4. The van der Waals surface area contributed by atoms with Crippen LogP contribution in [0.2, 0.25) is 0 Å². The zero-order valence-corrected chi connectivity index (χ0v) is 12.2. The molecule has 20 heavy (non-hydrogen) atoms. The molecule has 0 saturated heterocycles. The topological polar surface area (TPSA) is 59.5 Å². The highest BCUT2D eigenvalue weighted by atomic mass is 32.2. The van der Waals surface area contributed by atoms with E-state index in [0.717, 1.165) is 0 Å². The number of sulfonamides is 1. The third kappa shape index (κ3) is 3.15. The first-order chi connectivity index (χ1) is 9.54. The summed E-state index contributed by atoms with van der Waals surface area (Å²) >= 11 is 0. The Kier molecular flexibility index (Phi) is 4.36. The Balaban J connectivity index is 2.20. The minimum absolute atomic E-state index is 0.231. The molecule has 0 atom stereocenters. The number of methoxy groups -OCH3 is 1. The molecule has 106 valence electrons. The lowest BCUT2D eigenvalue weighted by molar-refractivity contribution is 0.414. The Bertz CT molecular complexity index is 655. The van der Waals surface area contributed by atoms with Crippen molar-refractivity contribution in [3.8, 4) is 5.75 Å². The minimum atomic E-state index is -3.52. The van der Waals surface area contributed by atoms with Crippen LogP contribution in [-0.4, -0.2) is 31.9 Å². The van der Waals surface area contributed by atoms with E-state index in [1.807, 2.05) is 6.07 Å². The van der Waals surface area contributed by atoms with E-state index >= 15 is 0 Å². The van der Waals surface area contributed by atoms with Gasteiger partial charge in [-0.2, -0.15) is 4.31 Å². The van der Waals surface area contributed by atoms with Crippen molar-refractivity contribution < 1.29 is 13.2 Å². The van der Waals surface area contributed by atoms with Crippen LogP contribution < -0.4 is 4.74 Å². The van der Waals surface area contributed by atoms with Crippen molar-refractivity contribution in [2.75, 3.05) is 14.2 Å². The van der Waals surface area contributed by atoms with Crippen LogP contribution in [0, 0.1) is 0 Å². The molecule has 6 heteroatoms. The minimum Gasteiger partial charge on any atom is -0.497 e. The molecule has 0 aliphatic carbocycles. The van der Waals surface area contributed by atoms with Gasteiger partial charge in [0.05, 0.1) is 24.2 Å². The normalized spacial score (nSPS) is 11.6. The molecule has 0 aliphatic rings. The highest BCUT2D eigenvalue weighted by Gasteiger charge is 2.21. The monoisotopic (exact) mass is 292 g/mol. The van der Waals surface area contributed by atoms with Crippen molar-refractivity contribution in [2.45, 2.75) is 11.4 Å². The highest BCUT2D eigenvalue weighted by Crippen LogP contribution is 2.19. The van der Waals surface area contributed by atoms with Crippen LogP contribution in [0.5, 0.6) is 5.75 Å². The van der Waals surface area contributed by atoms with Crippen LogP contribution in [-0.2, 0) is 16.6 Å². The van der Waals surface area contributed by atoms with E-state index in [0.29, 0.717) is 11.4 Å². The highest BCUT2D eigenvalue weighted by molar-refractivity contribution is 7.89. The molecule has 2 aromatic rings. The SMILES string of the molecule is COc1ccc(S(=O)(=O)N(C)Cc2ccccn2)cc1. The predicted octanol–water partition coefficient (Wildman–Crippen LogP) is 1.91. The third-order valence-corrected chi connectivity index (χ3v) is 4.70. The van der Waals surface area contributed by atoms with Gasteiger partial charge in [0.15, 0.2) is 0 Å². The van der Waals surface area contributed by atoms with Crippen LogP contribution in [0.1, 0.15) is 5.69 Å². The van der Waals surface area contributed by atoms with Gasteiger partial charge in [-0.3, -0.25) is 4.98 Å². The molecule has 1 aromatic heterocycles. The van der Waals surface area contributed by atoms with Crippen LogP contribution in [0.3, 0.4) is 0 Å². The summed E-state index contributed by atoms with van der Waals surface area (Å²) in [5.74, 6) is 0.622. The molecule has 1 aromatic carbocycles. The number of benzene rings is 1. The van der Waals surface area contributed by atoms with Gasteiger partial charge in [0.1, 0.15) is 5.75 Å². The first-order valence-corrected chi connectivity index (χ1v) is 7.48. The fourth-order valence-corrected chi connectivity index (χ4v) is 2.87. The first-order valence-electron chi connectivity index (χ1n) is 6.04. The fraction of sp³-hybridized carbons (Fsp3) is 0.214. The largest absolute Gasteiger partial charge is 0.497 e. The van der Waals surface area contributed by atoms with Crippen LogP contribution in [0.25, 0.3) is 0 Å². The van der Waals surface area contributed by atoms with E-state index in [1.165, 1.54) is 30.6 Å². The number of ether oxygens (including phenoxy) is 1. The van der Waals surface area contributed by atoms with Crippen LogP contribution >= 0.6 is 0 Å². The number of rotatable bonds is 5. The molecular weight excluding hydrogens is 276 g/mol. The van der Waals surface area contributed by atoms with Crippen molar-refractivity contribution >= 4 is 10.0 Å². The van der Waals surface area contributed by atoms with Gasteiger partial charge in [-0.15, -0.1) is 0 Å². The molecule has 0 N–H and O–H groups in total. The number of pyridine rings is 1. The summed E-state index contributed by atoms with van der Waals surface area (Å²) in [5.41, 5.74) is 0.701. The van der Waals surface area contributed by atoms with E-state index in [1.54, 1.807) is 30.5 Å². The lowest BCUT2D eigenvalue weighted by atomic mass is 10.3. The third-order valence-electron chi connectivity index (χ3n) is 2.88. The molecule has 0 bridgehead atoms. The van der Waals surface area contributed by atoms with Crippen LogP contribution in [0.15, 0.2) is 53.6 Å². The maximum absolute atomic E-state index is 12.4. The van der Waals surface area contributed by atoms with E-state index in [2.05, 4.69) is 4.98 Å². The van der Waals surface area contributed by atoms with E-state index in [-0.39, 0.29) is 11.4 Å². The van der Waals surface area contributed by atoms with Crippen molar-refractivity contribution in [1.29, 1.82) is 0 Å². The fourth-order valence-electron chi connectivity index (χ4n) is 1.73. The van der Waals surface area contributed by atoms with E-state index in [4.69, 9.17) is 4.74 Å². The Morgan fingerprint density at radius 2 is 1.85 bits per heavy atom. The molecule has 5 nitrogen and oxygen atoms in total. The summed E-state index contributed by atoms with van der Waals surface area (Å²) in [6, 6.07) is 11.7. The smallest absolute Gasteiger partial charge is 0.243 e. The second-order valence-electron chi connectivity index (χ2n) is 4.26. The molecular formula is C14H16N2O3S. The van der Waals surface area contributed by atoms with Gasteiger partial charge in [-0.1, -0.05) is 6.07 Å². The summed E-state index contributed by atoms with van der Waals surface area (Å²) < 4.78 is 31.1. The lowest BCUT2D eigenvalue weighted by Crippen LogP contribution is -2.26. The number of hydrogen-bond donors (Lipinski definition) is 0. The van der Waals surface area contributed by atoms with Gasteiger partial charge in [0.2, 0.25) is 10.0 Å². The zero-order chi connectivity index (χ0) is 14.6. The molecule has 0 amide bonds. The van der Waals surface area contributed by atoms with Gasteiger partial charge in [0.25, 0.3) is 0 Å².